The van der Waals surface area contributed by atoms with Crippen molar-refractivity contribution in [3.63, 3.8) is 0 Å². The molecule has 3 rings (SSSR count). The Balaban J connectivity index is 1.77. The van der Waals surface area contributed by atoms with Gasteiger partial charge in [-0.05, 0) is 44.4 Å². The molecule has 6 nitrogen and oxygen atoms in total. The molecule has 0 bridgehead atoms. The van der Waals surface area contributed by atoms with Crippen molar-refractivity contribution in [1.82, 2.24) is 15.0 Å². The van der Waals surface area contributed by atoms with Crippen molar-refractivity contribution in [3.8, 4) is 0 Å². The summed E-state index contributed by atoms with van der Waals surface area (Å²) in [6.07, 6.45) is 7.41. The molecule has 2 heterocycles. The van der Waals surface area contributed by atoms with Crippen LogP contribution in [0, 0.1) is 5.92 Å². The molecule has 0 amide bonds. The molecule has 0 spiro atoms. The van der Waals surface area contributed by atoms with E-state index in [1.807, 2.05) is 0 Å². The number of nitrogens with two attached hydrogens (primary N) is 1. The molecule has 1 saturated heterocycles. The van der Waals surface area contributed by atoms with Crippen molar-refractivity contribution in [3.05, 3.63) is 0 Å². The predicted octanol–water partition coefficient (Wildman–Crippen LogP) is 2.07. The predicted molar refractivity (Wildman–Crippen MR) is 85.5 cm³/mol. The van der Waals surface area contributed by atoms with Gasteiger partial charge < -0.3 is 15.5 Å². The van der Waals surface area contributed by atoms with Crippen molar-refractivity contribution >= 4 is 17.8 Å². The van der Waals surface area contributed by atoms with Gasteiger partial charge in [0.1, 0.15) is 0 Å². The van der Waals surface area contributed by atoms with E-state index < -0.39 is 0 Å². The Labute approximate surface area is 126 Å². The number of anilines is 3. The van der Waals surface area contributed by atoms with Gasteiger partial charge in [0.2, 0.25) is 17.8 Å². The van der Waals surface area contributed by atoms with Crippen molar-refractivity contribution in [2.75, 3.05) is 35.7 Å². The summed E-state index contributed by atoms with van der Waals surface area (Å²) in [5.41, 5.74) is 5.90. The first-order valence-electron chi connectivity index (χ1n) is 8.13. The van der Waals surface area contributed by atoms with Gasteiger partial charge in [0.05, 0.1) is 0 Å². The van der Waals surface area contributed by atoms with E-state index in [1.54, 1.807) is 0 Å². The minimum atomic E-state index is 0.331. The lowest BCUT2D eigenvalue weighted by atomic mass is 9.87. The number of nitrogen functional groups attached to an aromatic ring is 1. The maximum Gasteiger partial charge on any atom is 0.231 e. The quantitative estimate of drug-likeness (QED) is 0.919. The zero-order chi connectivity index (χ0) is 14.8. The largest absolute Gasteiger partial charge is 0.368 e. The topological polar surface area (TPSA) is 71.2 Å². The van der Waals surface area contributed by atoms with Crippen LogP contribution < -0.4 is 15.5 Å². The lowest BCUT2D eigenvalue weighted by Crippen LogP contribution is -2.36. The van der Waals surface area contributed by atoms with Gasteiger partial charge in [0, 0.05) is 26.2 Å². The number of aromatic nitrogens is 3. The molecule has 2 fully saturated rings. The Hall–Kier alpha value is -1.59. The van der Waals surface area contributed by atoms with Gasteiger partial charge in [-0.1, -0.05) is 6.92 Å². The fourth-order valence-corrected chi connectivity index (χ4v) is 3.38. The summed E-state index contributed by atoms with van der Waals surface area (Å²) in [5.74, 6) is 2.64. The van der Waals surface area contributed by atoms with Crippen LogP contribution in [0.15, 0.2) is 0 Å². The monoisotopic (exact) mass is 290 g/mol. The second-order valence-corrected chi connectivity index (χ2v) is 6.51. The summed E-state index contributed by atoms with van der Waals surface area (Å²) in [6, 6.07) is 0.523. The number of rotatable bonds is 3. The molecule has 21 heavy (non-hydrogen) atoms. The number of nitrogens with zero attached hydrogens (tertiary/aromatic N) is 5. The Bertz CT molecular complexity index is 477. The lowest BCUT2D eigenvalue weighted by Gasteiger charge is -2.33. The van der Waals surface area contributed by atoms with Crippen LogP contribution in [0.3, 0.4) is 0 Å². The lowest BCUT2D eigenvalue weighted by molar-refractivity contribution is 0.339. The van der Waals surface area contributed by atoms with Crippen LogP contribution in [0.5, 0.6) is 0 Å². The molecule has 1 aliphatic heterocycles. The van der Waals surface area contributed by atoms with Crippen molar-refractivity contribution in [1.29, 1.82) is 0 Å². The van der Waals surface area contributed by atoms with Gasteiger partial charge in [-0.25, -0.2) is 0 Å². The standard InChI is InChI=1S/C15H26N6/c1-11-5-7-12(8-6-11)20(2)14-17-13(16)18-15(19-14)21-9-3-4-10-21/h11-12H,3-10H2,1-2H3,(H2,16,17,18,19). The minimum absolute atomic E-state index is 0.331. The molecule has 1 saturated carbocycles. The highest BCUT2D eigenvalue weighted by atomic mass is 15.4. The third-order valence-corrected chi connectivity index (χ3v) is 4.87. The molecule has 0 aromatic carbocycles. The minimum Gasteiger partial charge on any atom is -0.368 e. The molecule has 0 unspecified atom stereocenters. The number of hydrogen-bond donors (Lipinski definition) is 1. The van der Waals surface area contributed by atoms with Gasteiger partial charge in [-0.2, -0.15) is 15.0 Å². The first-order chi connectivity index (χ1) is 10.1. The van der Waals surface area contributed by atoms with E-state index in [9.17, 15) is 0 Å². The zero-order valence-electron chi connectivity index (χ0n) is 13.1. The van der Waals surface area contributed by atoms with E-state index in [0.29, 0.717) is 12.0 Å². The molecule has 0 radical (unpaired) electrons. The number of hydrogen-bond acceptors (Lipinski definition) is 6. The molecule has 2 aliphatic rings. The maximum absolute atomic E-state index is 5.90. The Kier molecular flexibility index (Phi) is 4.12. The van der Waals surface area contributed by atoms with Gasteiger partial charge in [-0.15, -0.1) is 0 Å². The molecule has 0 atom stereocenters. The zero-order valence-corrected chi connectivity index (χ0v) is 13.1. The van der Waals surface area contributed by atoms with Gasteiger partial charge in [-0.3, -0.25) is 0 Å². The molecule has 116 valence electrons. The van der Waals surface area contributed by atoms with Gasteiger partial charge in [0.15, 0.2) is 0 Å². The van der Waals surface area contributed by atoms with E-state index in [2.05, 4.69) is 38.7 Å². The van der Waals surface area contributed by atoms with E-state index in [4.69, 9.17) is 5.73 Å². The van der Waals surface area contributed by atoms with Crippen LogP contribution in [0.25, 0.3) is 0 Å². The first-order valence-corrected chi connectivity index (χ1v) is 8.13. The van der Waals surface area contributed by atoms with Gasteiger partial charge in [0.25, 0.3) is 0 Å². The third kappa shape index (κ3) is 3.19. The summed E-state index contributed by atoms with van der Waals surface area (Å²) in [5, 5.41) is 0. The van der Waals surface area contributed by atoms with Crippen LogP contribution in [-0.2, 0) is 0 Å². The average molecular weight is 290 g/mol. The molecular formula is C15H26N6. The maximum atomic E-state index is 5.90. The molecule has 1 aromatic heterocycles. The smallest absolute Gasteiger partial charge is 0.231 e. The second kappa shape index (κ2) is 6.03. The van der Waals surface area contributed by atoms with E-state index in [-0.39, 0.29) is 0 Å². The molecular weight excluding hydrogens is 264 g/mol. The van der Waals surface area contributed by atoms with Crippen molar-refractivity contribution in [2.24, 2.45) is 5.92 Å². The Morgan fingerprint density at radius 1 is 1.05 bits per heavy atom. The van der Waals surface area contributed by atoms with E-state index >= 15 is 0 Å². The van der Waals surface area contributed by atoms with E-state index in [1.165, 1.54) is 38.5 Å². The molecule has 1 aromatic rings. The van der Waals surface area contributed by atoms with Crippen LogP contribution in [-0.4, -0.2) is 41.1 Å². The van der Waals surface area contributed by atoms with Crippen LogP contribution in [0.2, 0.25) is 0 Å². The average Bonchev–Trinajstić information content (AvgIpc) is 3.01. The SMILES string of the molecule is CC1CCC(N(C)c2nc(N)nc(N3CCCC3)n2)CC1. The second-order valence-electron chi connectivity index (χ2n) is 6.51. The third-order valence-electron chi connectivity index (χ3n) is 4.87. The normalized spacial score (nSPS) is 26.1. The molecule has 1 aliphatic carbocycles. The summed E-state index contributed by atoms with van der Waals surface area (Å²) >= 11 is 0. The fourth-order valence-electron chi connectivity index (χ4n) is 3.38. The van der Waals surface area contributed by atoms with Crippen molar-refractivity contribution in [2.45, 2.75) is 51.5 Å². The Morgan fingerprint density at radius 3 is 2.38 bits per heavy atom. The first kappa shape index (κ1) is 14.4. The summed E-state index contributed by atoms with van der Waals surface area (Å²) < 4.78 is 0. The fraction of sp³-hybridized carbons (Fsp3) is 0.800. The highest BCUT2D eigenvalue weighted by Gasteiger charge is 2.25. The highest BCUT2D eigenvalue weighted by molar-refractivity contribution is 5.44. The van der Waals surface area contributed by atoms with E-state index in [0.717, 1.165) is 30.9 Å². The van der Waals surface area contributed by atoms with Gasteiger partial charge >= 0.3 is 0 Å². The van der Waals surface area contributed by atoms with Crippen LogP contribution in [0.1, 0.15) is 45.4 Å². The van der Waals surface area contributed by atoms with Crippen LogP contribution in [0.4, 0.5) is 17.8 Å². The summed E-state index contributed by atoms with van der Waals surface area (Å²) in [6.45, 7) is 4.38. The molecule has 6 heteroatoms. The summed E-state index contributed by atoms with van der Waals surface area (Å²) in [7, 11) is 2.09. The molecule has 2 N–H and O–H groups in total. The Morgan fingerprint density at radius 2 is 1.71 bits per heavy atom. The highest BCUT2D eigenvalue weighted by Crippen LogP contribution is 2.29. The van der Waals surface area contributed by atoms with Crippen LogP contribution >= 0.6 is 0 Å². The summed E-state index contributed by atoms with van der Waals surface area (Å²) in [4.78, 5) is 17.7. The van der Waals surface area contributed by atoms with Crippen molar-refractivity contribution < 1.29 is 0 Å².